The first-order chi connectivity index (χ1) is 11.9. The zero-order valence-electron chi connectivity index (χ0n) is 13.0. The van der Waals surface area contributed by atoms with E-state index in [0.29, 0.717) is 19.3 Å². The van der Waals surface area contributed by atoms with Crippen LogP contribution in [0.3, 0.4) is 0 Å². The number of carbonyl (C=O) groups excluding carboxylic acids is 2. The Kier molecular flexibility index (Phi) is 3.54. The summed E-state index contributed by atoms with van der Waals surface area (Å²) >= 11 is 5.57. The molecule has 3 aliphatic carbocycles. The van der Waals surface area contributed by atoms with E-state index in [1.165, 1.54) is 12.1 Å². The lowest BCUT2D eigenvalue weighted by Gasteiger charge is -2.68. The minimum Gasteiger partial charge on any atom is -0.484 e. The zero-order chi connectivity index (χ0) is 17.7. The molecule has 3 aliphatic rings. The molecule has 1 heterocycles. The predicted molar refractivity (Wildman–Crippen MR) is 84.4 cm³/mol. The molecule has 0 aliphatic heterocycles. The van der Waals surface area contributed by atoms with E-state index in [9.17, 15) is 14.0 Å². The van der Waals surface area contributed by atoms with E-state index in [2.05, 4.69) is 20.7 Å². The standard InChI is InChI=1S/C16H14ClFN4O3/c17-10-2-1-9(3-11(10)18)25-5-13(23)20-14(24)16-6-15(7-16,8-16)12-4-19-22-21-12/h1-4H,5-8H2,(H,19,21,22)(H,20,23,24). The lowest BCUT2D eigenvalue weighted by Crippen LogP contribution is -2.70. The van der Waals surface area contributed by atoms with Gasteiger partial charge in [0, 0.05) is 11.5 Å². The van der Waals surface area contributed by atoms with Gasteiger partial charge >= 0.3 is 0 Å². The smallest absolute Gasteiger partial charge is 0.264 e. The van der Waals surface area contributed by atoms with Gasteiger partial charge in [-0.3, -0.25) is 14.9 Å². The highest BCUT2D eigenvalue weighted by Crippen LogP contribution is 2.73. The maximum Gasteiger partial charge on any atom is 0.264 e. The second kappa shape index (κ2) is 5.52. The maximum absolute atomic E-state index is 13.3. The van der Waals surface area contributed by atoms with Gasteiger partial charge in [-0.1, -0.05) is 11.6 Å². The normalized spacial score (nSPS) is 26.3. The molecule has 5 rings (SSSR count). The number of H-pyrrole nitrogens is 1. The van der Waals surface area contributed by atoms with Crippen molar-refractivity contribution in [3.05, 3.63) is 40.9 Å². The summed E-state index contributed by atoms with van der Waals surface area (Å²) in [4.78, 5) is 24.2. The van der Waals surface area contributed by atoms with E-state index in [1.54, 1.807) is 6.20 Å². The average Bonchev–Trinajstić information content (AvgIpc) is 3.00. The van der Waals surface area contributed by atoms with Crippen LogP contribution in [0.1, 0.15) is 25.0 Å². The van der Waals surface area contributed by atoms with Crippen LogP contribution >= 0.6 is 11.6 Å². The largest absolute Gasteiger partial charge is 0.484 e. The Morgan fingerprint density at radius 3 is 2.76 bits per heavy atom. The van der Waals surface area contributed by atoms with Gasteiger partial charge in [-0.05, 0) is 31.4 Å². The van der Waals surface area contributed by atoms with E-state index >= 15 is 0 Å². The molecule has 25 heavy (non-hydrogen) atoms. The van der Waals surface area contributed by atoms with E-state index < -0.39 is 17.1 Å². The number of hydrogen-bond acceptors (Lipinski definition) is 5. The Bertz CT molecular complexity index is 835. The number of hydrogen-bond donors (Lipinski definition) is 2. The predicted octanol–water partition coefficient (Wildman–Crippen LogP) is 1.74. The van der Waals surface area contributed by atoms with E-state index in [0.717, 1.165) is 11.8 Å². The number of carbonyl (C=O) groups is 2. The van der Waals surface area contributed by atoms with Gasteiger partial charge in [-0.2, -0.15) is 15.4 Å². The van der Waals surface area contributed by atoms with Gasteiger partial charge in [0.1, 0.15) is 11.6 Å². The number of nitrogens with one attached hydrogen (secondary N) is 2. The molecule has 2 bridgehead atoms. The third-order valence-corrected chi connectivity index (χ3v) is 5.29. The number of aromatic amines is 1. The van der Waals surface area contributed by atoms with Crippen molar-refractivity contribution in [2.75, 3.05) is 6.61 Å². The van der Waals surface area contributed by atoms with Gasteiger partial charge in [0.2, 0.25) is 5.91 Å². The van der Waals surface area contributed by atoms with E-state index in [-0.39, 0.29) is 28.7 Å². The Labute approximate surface area is 146 Å². The molecule has 2 N–H and O–H groups in total. The van der Waals surface area contributed by atoms with Crippen molar-refractivity contribution in [1.29, 1.82) is 0 Å². The molecule has 0 radical (unpaired) electrons. The number of rotatable bonds is 5. The fourth-order valence-corrected chi connectivity index (χ4v) is 3.89. The lowest BCUT2D eigenvalue weighted by atomic mass is 9.34. The average molecular weight is 365 g/mol. The molecule has 130 valence electrons. The minimum atomic E-state index is -0.636. The van der Waals surface area contributed by atoms with Crippen molar-refractivity contribution in [1.82, 2.24) is 20.7 Å². The van der Waals surface area contributed by atoms with Crippen LogP contribution in [0.25, 0.3) is 0 Å². The molecular formula is C16H14ClFN4O3. The maximum atomic E-state index is 13.3. The molecule has 0 saturated heterocycles. The van der Waals surface area contributed by atoms with Crippen molar-refractivity contribution in [3.63, 3.8) is 0 Å². The van der Waals surface area contributed by atoms with Crippen LogP contribution in [0.5, 0.6) is 5.75 Å². The topological polar surface area (TPSA) is 97.0 Å². The zero-order valence-corrected chi connectivity index (χ0v) is 13.8. The third-order valence-electron chi connectivity index (χ3n) is 4.98. The van der Waals surface area contributed by atoms with Crippen LogP contribution in [0.15, 0.2) is 24.4 Å². The Hall–Kier alpha value is -2.48. The van der Waals surface area contributed by atoms with Crippen molar-refractivity contribution in [2.45, 2.75) is 24.7 Å². The van der Waals surface area contributed by atoms with Gasteiger partial charge in [-0.25, -0.2) is 4.39 Å². The molecule has 9 heteroatoms. The third kappa shape index (κ3) is 2.57. The van der Waals surface area contributed by atoms with Gasteiger partial charge in [0.05, 0.1) is 22.3 Å². The summed E-state index contributed by atoms with van der Waals surface area (Å²) in [7, 11) is 0. The van der Waals surface area contributed by atoms with E-state index in [4.69, 9.17) is 16.3 Å². The highest BCUT2D eigenvalue weighted by atomic mass is 35.5. The van der Waals surface area contributed by atoms with Gasteiger partial charge in [-0.15, -0.1) is 0 Å². The van der Waals surface area contributed by atoms with E-state index in [1.807, 2.05) is 0 Å². The second-order valence-electron chi connectivity index (χ2n) is 6.69. The molecular weight excluding hydrogens is 351 g/mol. The van der Waals surface area contributed by atoms with Crippen LogP contribution < -0.4 is 10.1 Å². The molecule has 0 atom stereocenters. The summed E-state index contributed by atoms with van der Waals surface area (Å²) in [5, 5.41) is 12.8. The first-order valence-corrected chi connectivity index (χ1v) is 8.09. The highest BCUT2D eigenvalue weighted by Gasteiger charge is 2.73. The van der Waals surface area contributed by atoms with Gasteiger partial charge in [0.15, 0.2) is 6.61 Å². The molecule has 1 aromatic carbocycles. The van der Waals surface area contributed by atoms with Crippen LogP contribution in [0, 0.1) is 11.2 Å². The number of aromatic nitrogens is 3. The van der Waals surface area contributed by atoms with Crippen molar-refractivity contribution in [2.24, 2.45) is 5.41 Å². The number of ether oxygens (including phenoxy) is 1. The van der Waals surface area contributed by atoms with Crippen molar-refractivity contribution >= 4 is 23.4 Å². The number of benzene rings is 1. The fraction of sp³-hybridized carbons (Fsp3) is 0.375. The van der Waals surface area contributed by atoms with Gasteiger partial charge < -0.3 is 4.74 Å². The first kappa shape index (κ1) is 16.0. The number of amides is 2. The summed E-state index contributed by atoms with van der Waals surface area (Å²) in [5.41, 5.74) is 0.285. The number of imide groups is 1. The fourth-order valence-electron chi connectivity index (χ4n) is 3.77. The van der Waals surface area contributed by atoms with Crippen molar-refractivity contribution < 1.29 is 18.7 Å². The van der Waals surface area contributed by atoms with Crippen LogP contribution in [0.2, 0.25) is 5.02 Å². The SMILES string of the molecule is O=C(COc1ccc(Cl)c(F)c1)NC(=O)C12CC(c3cn[nH]n3)(C1)C2. The van der Waals surface area contributed by atoms with Crippen LogP contribution in [-0.4, -0.2) is 33.8 Å². The summed E-state index contributed by atoms with van der Waals surface area (Å²) in [6.45, 7) is -0.378. The Morgan fingerprint density at radius 1 is 1.36 bits per heavy atom. The molecule has 3 saturated carbocycles. The Balaban J connectivity index is 1.28. The number of nitrogens with zero attached hydrogens (tertiary/aromatic N) is 2. The monoisotopic (exact) mass is 364 g/mol. The lowest BCUT2D eigenvalue weighted by molar-refractivity contribution is -0.178. The number of halogens is 2. The summed E-state index contributed by atoms with van der Waals surface area (Å²) < 4.78 is 18.5. The molecule has 3 fully saturated rings. The Morgan fingerprint density at radius 2 is 2.12 bits per heavy atom. The molecule has 0 unspecified atom stereocenters. The molecule has 7 nitrogen and oxygen atoms in total. The molecule has 0 spiro atoms. The molecule has 1 aromatic heterocycles. The van der Waals surface area contributed by atoms with Crippen LogP contribution in [0.4, 0.5) is 4.39 Å². The highest BCUT2D eigenvalue weighted by molar-refractivity contribution is 6.30. The van der Waals surface area contributed by atoms with Crippen LogP contribution in [-0.2, 0) is 15.0 Å². The second-order valence-corrected chi connectivity index (χ2v) is 7.10. The summed E-state index contributed by atoms with van der Waals surface area (Å²) in [6, 6.07) is 3.87. The summed E-state index contributed by atoms with van der Waals surface area (Å²) in [6.07, 6.45) is 3.66. The van der Waals surface area contributed by atoms with Crippen molar-refractivity contribution in [3.8, 4) is 5.75 Å². The quantitative estimate of drug-likeness (QED) is 0.842. The summed E-state index contributed by atoms with van der Waals surface area (Å²) in [5.74, 6) is -1.34. The molecule has 2 aromatic rings. The first-order valence-electron chi connectivity index (χ1n) is 7.71. The molecule has 2 amide bonds. The van der Waals surface area contributed by atoms with Gasteiger partial charge in [0.25, 0.3) is 5.91 Å². The minimum absolute atomic E-state index is 0.0309.